The first-order valence-corrected chi connectivity index (χ1v) is 6.78. The average Bonchev–Trinajstić information content (AvgIpc) is 2.29. The van der Waals surface area contributed by atoms with E-state index in [-0.39, 0.29) is 12.5 Å². The van der Waals surface area contributed by atoms with Crippen molar-refractivity contribution in [1.29, 1.82) is 0 Å². The van der Waals surface area contributed by atoms with Crippen LogP contribution in [0.4, 0.5) is 0 Å². The van der Waals surface area contributed by atoms with Crippen molar-refractivity contribution in [3.63, 3.8) is 0 Å². The first kappa shape index (κ1) is 15.9. The largest absolute Gasteiger partial charge is 0.382 e. The molecule has 0 heterocycles. The van der Waals surface area contributed by atoms with Gasteiger partial charge in [-0.25, -0.2) is 0 Å². The summed E-state index contributed by atoms with van der Waals surface area (Å²) < 4.78 is 10.1. The van der Waals surface area contributed by atoms with Crippen molar-refractivity contribution in [1.82, 2.24) is 4.90 Å². The van der Waals surface area contributed by atoms with E-state index in [2.05, 4.69) is 22.9 Å². The summed E-state index contributed by atoms with van der Waals surface area (Å²) in [6.45, 7) is 4.83. The van der Waals surface area contributed by atoms with Crippen LogP contribution in [-0.4, -0.2) is 56.2 Å². The third-order valence-electron chi connectivity index (χ3n) is 2.15. The van der Waals surface area contributed by atoms with Gasteiger partial charge < -0.3 is 14.4 Å². The van der Waals surface area contributed by atoms with Crippen LogP contribution < -0.4 is 0 Å². The average molecular weight is 296 g/mol. The quantitative estimate of drug-likeness (QED) is 0.455. The first-order valence-electron chi connectivity index (χ1n) is 5.66. The van der Waals surface area contributed by atoms with E-state index >= 15 is 0 Å². The molecule has 0 aliphatic rings. The van der Waals surface area contributed by atoms with E-state index in [4.69, 9.17) is 9.47 Å². The minimum atomic E-state index is 0.0593. The number of hydrogen-bond acceptors (Lipinski definition) is 3. The van der Waals surface area contributed by atoms with Crippen LogP contribution in [0.1, 0.15) is 19.8 Å². The molecule has 0 aromatic rings. The molecule has 0 saturated heterocycles. The zero-order valence-electron chi connectivity index (χ0n) is 10.2. The van der Waals surface area contributed by atoms with E-state index in [9.17, 15) is 4.79 Å². The van der Waals surface area contributed by atoms with Crippen LogP contribution in [0, 0.1) is 0 Å². The second kappa shape index (κ2) is 11.4. The Balaban J connectivity index is 3.77. The number of carbonyl (C=O) groups excluding carboxylic acids is 1. The molecule has 16 heavy (non-hydrogen) atoms. The third-order valence-corrected chi connectivity index (χ3v) is 2.50. The van der Waals surface area contributed by atoms with Gasteiger partial charge in [-0.3, -0.25) is 4.79 Å². The molecular weight excluding hydrogens is 274 g/mol. The lowest BCUT2D eigenvalue weighted by Crippen LogP contribution is -2.36. The SMILES string of the molecule is CCCCN(CCBr)C(=O)COCCOC. The van der Waals surface area contributed by atoms with E-state index in [1.165, 1.54) is 0 Å². The van der Waals surface area contributed by atoms with Crippen LogP contribution in [0.25, 0.3) is 0 Å². The van der Waals surface area contributed by atoms with Gasteiger partial charge in [0.15, 0.2) is 0 Å². The van der Waals surface area contributed by atoms with Gasteiger partial charge in [-0.1, -0.05) is 29.3 Å². The normalized spacial score (nSPS) is 10.4. The lowest BCUT2D eigenvalue weighted by molar-refractivity contribution is -0.136. The molecule has 0 spiro atoms. The number of halogens is 1. The van der Waals surface area contributed by atoms with Gasteiger partial charge in [0.25, 0.3) is 0 Å². The summed E-state index contributed by atoms with van der Waals surface area (Å²) in [5.41, 5.74) is 0. The third kappa shape index (κ3) is 8.07. The minimum absolute atomic E-state index is 0.0593. The Bertz CT molecular complexity index is 179. The standard InChI is InChI=1S/C11H22BrNO3/c1-3-4-6-13(7-5-12)11(14)10-16-9-8-15-2/h3-10H2,1-2H3. The maximum Gasteiger partial charge on any atom is 0.248 e. The van der Waals surface area contributed by atoms with Crippen LogP contribution in [-0.2, 0) is 14.3 Å². The van der Waals surface area contributed by atoms with Gasteiger partial charge in [0, 0.05) is 25.5 Å². The molecule has 0 atom stereocenters. The number of rotatable bonds is 10. The Labute approximate surface area is 106 Å². The highest BCUT2D eigenvalue weighted by molar-refractivity contribution is 9.09. The van der Waals surface area contributed by atoms with Crippen molar-refractivity contribution < 1.29 is 14.3 Å². The van der Waals surface area contributed by atoms with Crippen molar-refractivity contribution in [2.24, 2.45) is 0 Å². The van der Waals surface area contributed by atoms with Crippen molar-refractivity contribution in [2.45, 2.75) is 19.8 Å². The summed E-state index contributed by atoms with van der Waals surface area (Å²) in [6, 6.07) is 0. The Hall–Kier alpha value is -0.130. The summed E-state index contributed by atoms with van der Waals surface area (Å²) >= 11 is 3.35. The number of nitrogens with zero attached hydrogens (tertiary/aromatic N) is 1. The Morgan fingerprint density at radius 2 is 2.06 bits per heavy atom. The van der Waals surface area contributed by atoms with Crippen molar-refractivity contribution in [2.75, 3.05) is 45.4 Å². The molecule has 1 amide bonds. The molecule has 0 N–H and O–H groups in total. The number of methoxy groups -OCH3 is 1. The number of ether oxygens (including phenoxy) is 2. The fraction of sp³-hybridized carbons (Fsp3) is 0.909. The fourth-order valence-corrected chi connectivity index (χ4v) is 1.63. The van der Waals surface area contributed by atoms with Gasteiger partial charge in [-0.05, 0) is 6.42 Å². The van der Waals surface area contributed by atoms with E-state index in [0.29, 0.717) is 13.2 Å². The van der Waals surface area contributed by atoms with Gasteiger partial charge in [-0.2, -0.15) is 0 Å². The summed E-state index contributed by atoms with van der Waals surface area (Å²) in [5.74, 6) is 0.0593. The van der Waals surface area contributed by atoms with Crippen LogP contribution in [0.3, 0.4) is 0 Å². The fourth-order valence-electron chi connectivity index (χ4n) is 1.21. The van der Waals surface area contributed by atoms with Crippen LogP contribution in [0.5, 0.6) is 0 Å². The highest BCUT2D eigenvalue weighted by Gasteiger charge is 2.11. The smallest absolute Gasteiger partial charge is 0.248 e. The molecular formula is C11H22BrNO3. The molecule has 0 fully saturated rings. The van der Waals surface area contributed by atoms with Gasteiger partial charge in [0.05, 0.1) is 13.2 Å². The van der Waals surface area contributed by atoms with Crippen LogP contribution in [0.2, 0.25) is 0 Å². The number of unbranched alkanes of at least 4 members (excludes halogenated alkanes) is 1. The molecule has 0 aliphatic carbocycles. The second-order valence-electron chi connectivity index (χ2n) is 3.47. The van der Waals surface area contributed by atoms with Crippen molar-refractivity contribution >= 4 is 21.8 Å². The molecule has 5 heteroatoms. The Morgan fingerprint density at radius 3 is 2.62 bits per heavy atom. The predicted octanol–water partition coefficient (Wildman–Crippen LogP) is 1.67. The summed E-state index contributed by atoms with van der Waals surface area (Å²) in [4.78, 5) is 13.6. The van der Waals surface area contributed by atoms with Crippen molar-refractivity contribution in [3.05, 3.63) is 0 Å². The maximum atomic E-state index is 11.7. The molecule has 0 aromatic heterocycles. The maximum absolute atomic E-state index is 11.7. The van der Waals surface area contributed by atoms with E-state index in [1.54, 1.807) is 7.11 Å². The van der Waals surface area contributed by atoms with Gasteiger partial charge in [0.2, 0.25) is 5.91 Å². The monoisotopic (exact) mass is 295 g/mol. The van der Waals surface area contributed by atoms with E-state index in [1.807, 2.05) is 4.90 Å². The molecule has 96 valence electrons. The van der Waals surface area contributed by atoms with E-state index < -0.39 is 0 Å². The predicted molar refractivity (Wildman–Crippen MR) is 68.0 cm³/mol. The number of alkyl halides is 1. The van der Waals surface area contributed by atoms with E-state index in [0.717, 1.165) is 31.3 Å². The molecule has 0 aromatic carbocycles. The molecule has 0 rings (SSSR count). The molecule has 0 saturated carbocycles. The highest BCUT2D eigenvalue weighted by Crippen LogP contribution is 1.98. The molecule has 0 aliphatic heterocycles. The lowest BCUT2D eigenvalue weighted by Gasteiger charge is -2.21. The summed E-state index contributed by atoms with van der Waals surface area (Å²) in [7, 11) is 1.61. The van der Waals surface area contributed by atoms with Gasteiger partial charge >= 0.3 is 0 Å². The molecule has 0 unspecified atom stereocenters. The summed E-state index contributed by atoms with van der Waals surface area (Å²) in [6.07, 6.45) is 2.13. The van der Waals surface area contributed by atoms with Gasteiger partial charge in [0.1, 0.15) is 6.61 Å². The van der Waals surface area contributed by atoms with Crippen LogP contribution in [0.15, 0.2) is 0 Å². The Kier molecular flexibility index (Phi) is 11.3. The van der Waals surface area contributed by atoms with Crippen molar-refractivity contribution in [3.8, 4) is 0 Å². The Morgan fingerprint density at radius 1 is 1.31 bits per heavy atom. The highest BCUT2D eigenvalue weighted by atomic mass is 79.9. The van der Waals surface area contributed by atoms with Crippen LogP contribution >= 0.6 is 15.9 Å². The lowest BCUT2D eigenvalue weighted by atomic mass is 10.3. The second-order valence-corrected chi connectivity index (χ2v) is 4.26. The first-order chi connectivity index (χ1) is 7.76. The molecule has 0 bridgehead atoms. The number of carbonyl (C=O) groups is 1. The summed E-state index contributed by atoms with van der Waals surface area (Å²) in [5, 5.41) is 0.806. The molecule has 4 nitrogen and oxygen atoms in total. The number of amides is 1. The van der Waals surface area contributed by atoms with Gasteiger partial charge in [-0.15, -0.1) is 0 Å². The minimum Gasteiger partial charge on any atom is -0.382 e. The number of hydrogen-bond donors (Lipinski definition) is 0. The zero-order chi connectivity index (χ0) is 12.2. The molecule has 0 radical (unpaired) electrons. The topological polar surface area (TPSA) is 38.8 Å². The zero-order valence-corrected chi connectivity index (χ0v) is 11.8.